The van der Waals surface area contributed by atoms with Crippen molar-refractivity contribution in [3.8, 4) is 0 Å². The average Bonchev–Trinajstić information content (AvgIpc) is 2.07. The molecule has 0 spiro atoms. The van der Waals surface area contributed by atoms with Crippen LogP contribution in [0.15, 0.2) is 25.0 Å². The van der Waals surface area contributed by atoms with Crippen molar-refractivity contribution in [3.05, 3.63) is 30.5 Å². The molecule has 11 heavy (non-hydrogen) atoms. The largest absolute Gasteiger partial charge is 0.501 e. The van der Waals surface area contributed by atoms with Gasteiger partial charge in [-0.15, -0.1) is 0 Å². The van der Waals surface area contributed by atoms with Crippen molar-refractivity contribution < 1.29 is 4.74 Å². The molecule has 0 radical (unpaired) electrons. The van der Waals surface area contributed by atoms with E-state index in [1.165, 1.54) is 6.33 Å². The Labute approximate surface area is 65.8 Å². The molecule has 0 aliphatic rings. The Balaban J connectivity index is 2.50. The summed E-state index contributed by atoms with van der Waals surface area (Å²) in [5.74, 6) is 0. The van der Waals surface area contributed by atoms with E-state index in [9.17, 15) is 0 Å². The lowest BCUT2D eigenvalue weighted by Gasteiger charge is -1.91. The summed E-state index contributed by atoms with van der Waals surface area (Å²) in [6.45, 7) is 2.62. The maximum Gasteiger partial charge on any atom is 0.115 e. The van der Waals surface area contributed by atoms with Crippen molar-refractivity contribution >= 4 is 6.08 Å². The second-order valence-corrected chi connectivity index (χ2v) is 1.93. The van der Waals surface area contributed by atoms with Gasteiger partial charge in [-0.3, -0.25) is 0 Å². The predicted molar refractivity (Wildman–Crippen MR) is 42.7 cm³/mol. The Morgan fingerprint density at radius 1 is 1.45 bits per heavy atom. The lowest BCUT2D eigenvalue weighted by Crippen LogP contribution is -1.80. The summed E-state index contributed by atoms with van der Waals surface area (Å²) in [4.78, 5) is 7.69. The van der Waals surface area contributed by atoms with E-state index < -0.39 is 0 Å². The molecule has 3 nitrogen and oxygen atoms in total. The van der Waals surface area contributed by atoms with Gasteiger partial charge in [0.2, 0.25) is 0 Å². The van der Waals surface area contributed by atoms with Crippen molar-refractivity contribution in [2.24, 2.45) is 0 Å². The highest BCUT2D eigenvalue weighted by atomic mass is 16.5. The molecule has 1 rings (SSSR count). The number of hydrogen-bond acceptors (Lipinski definition) is 3. The van der Waals surface area contributed by atoms with Crippen LogP contribution >= 0.6 is 0 Å². The molecule has 0 aliphatic carbocycles. The maximum atomic E-state index is 5.00. The Morgan fingerprint density at radius 2 is 2.18 bits per heavy atom. The van der Waals surface area contributed by atoms with Crippen LogP contribution in [0, 0.1) is 0 Å². The molecule has 1 aromatic heterocycles. The molecule has 58 valence electrons. The quantitative estimate of drug-likeness (QED) is 0.612. The molecular formula is C8H10N2O. The zero-order valence-corrected chi connectivity index (χ0v) is 6.40. The standard InChI is InChI=1S/C8H10N2O/c1-2-11-4-3-8-5-9-7-10-6-8/h3-7H,2H2,1H3. The molecule has 0 saturated carbocycles. The highest BCUT2D eigenvalue weighted by Gasteiger charge is 1.82. The van der Waals surface area contributed by atoms with E-state index in [-0.39, 0.29) is 0 Å². The van der Waals surface area contributed by atoms with Gasteiger partial charge < -0.3 is 4.74 Å². The lowest BCUT2D eigenvalue weighted by atomic mass is 10.3. The summed E-state index contributed by atoms with van der Waals surface area (Å²) in [5, 5.41) is 0. The van der Waals surface area contributed by atoms with E-state index in [0.717, 1.165) is 5.56 Å². The molecule has 0 aliphatic heterocycles. The number of hydrogen-bond donors (Lipinski definition) is 0. The summed E-state index contributed by atoms with van der Waals surface area (Å²) in [6.07, 6.45) is 8.41. The van der Waals surface area contributed by atoms with Gasteiger partial charge in [0.15, 0.2) is 0 Å². The van der Waals surface area contributed by atoms with Gasteiger partial charge in [-0.2, -0.15) is 0 Å². The Morgan fingerprint density at radius 3 is 2.82 bits per heavy atom. The minimum absolute atomic E-state index is 0.685. The Kier molecular flexibility index (Phi) is 3.12. The van der Waals surface area contributed by atoms with Crippen molar-refractivity contribution in [2.45, 2.75) is 6.92 Å². The third kappa shape index (κ3) is 2.80. The van der Waals surface area contributed by atoms with Crippen LogP contribution in [-0.2, 0) is 4.74 Å². The zero-order valence-electron chi connectivity index (χ0n) is 6.40. The van der Waals surface area contributed by atoms with Crippen molar-refractivity contribution in [1.29, 1.82) is 0 Å². The predicted octanol–water partition coefficient (Wildman–Crippen LogP) is 1.48. The second kappa shape index (κ2) is 4.44. The summed E-state index contributed by atoms with van der Waals surface area (Å²) in [7, 11) is 0. The normalized spacial score (nSPS) is 10.3. The van der Waals surface area contributed by atoms with Gasteiger partial charge in [0.25, 0.3) is 0 Å². The van der Waals surface area contributed by atoms with Crippen LogP contribution in [0.2, 0.25) is 0 Å². The minimum atomic E-state index is 0.685. The van der Waals surface area contributed by atoms with Gasteiger partial charge in [-0.05, 0) is 13.0 Å². The molecule has 0 fully saturated rings. The van der Waals surface area contributed by atoms with Crippen LogP contribution in [0.1, 0.15) is 12.5 Å². The molecule has 0 amide bonds. The first-order valence-corrected chi connectivity index (χ1v) is 3.46. The SMILES string of the molecule is CCOC=Cc1cncnc1. The van der Waals surface area contributed by atoms with Gasteiger partial charge >= 0.3 is 0 Å². The van der Waals surface area contributed by atoms with Crippen LogP contribution in [0.5, 0.6) is 0 Å². The molecule has 0 saturated heterocycles. The number of ether oxygens (including phenoxy) is 1. The van der Waals surface area contributed by atoms with Gasteiger partial charge in [0.05, 0.1) is 12.9 Å². The minimum Gasteiger partial charge on any atom is -0.501 e. The van der Waals surface area contributed by atoms with Crippen molar-refractivity contribution in [1.82, 2.24) is 9.97 Å². The number of nitrogens with zero attached hydrogens (tertiary/aromatic N) is 2. The molecular weight excluding hydrogens is 140 g/mol. The number of rotatable bonds is 3. The van der Waals surface area contributed by atoms with Gasteiger partial charge in [0.1, 0.15) is 6.33 Å². The number of aromatic nitrogens is 2. The summed E-state index contributed by atoms with van der Waals surface area (Å²) in [6, 6.07) is 0. The van der Waals surface area contributed by atoms with E-state index in [2.05, 4.69) is 9.97 Å². The van der Waals surface area contributed by atoms with Crippen LogP contribution in [-0.4, -0.2) is 16.6 Å². The van der Waals surface area contributed by atoms with Crippen molar-refractivity contribution in [2.75, 3.05) is 6.61 Å². The first kappa shape index (κ1) is 7.72. The molecule has 0 N–H and O–H groups in total. The van der Waals surface area contributed by atoms with Crippen molar-refractivity contribution in [3.63, 3.8) is 0 Å². The van der Waals surface area contributed by atoms with Gasteiger partial charge in [0, 0.05) is 18.0 Å². The summed E-state index contributed by atoms with van der Waals surface area (Å²) >= 11 is 0. The fraction of sp³-hybridized carbons (Fsp3) is 0.250. The molecule has 3 heteroatoms. The fourth-order valence-electron chi connectivity index (χ4n) is 0.620. The van der Waals surface area contributed by atoms with Gasteiger partial charge in [-0.25, -0.2) is 9.97 Å². The first-order chi connectivity index (χ1) is 5.43. The van der Waals surface area contributed by atoms with E-state index >= 15 is 0 Å². The van der Waals surface area contributed by atoms with Gasteiger partial charge in [-0.1, -0.05) is 0 Å². The van der Waals surface area contributed by atoms with Crippen LogP contribution in [0.25, 0.3) is 6.08 Å². The van der Waals surface area contributed by atoms with Crippen LogP contribution < -0.4 is 0 Å². The monoisotopic (exact) mass is 150 g/mol. The van der Waals surface area contributed by atoms with E-state index in [1.54, 1.807) is 18.7 Å². The molecule has 1 aromatic rings. The molecule has 0 atom stereocenters. The third-order valence-electron chi connectivity index (χ3n) is 1.10. The van der Waals surface area contributed by atoms with Crippen LogP contribution in [0.4, 0.5) is 0 Å². The highest BCUT2D eigenvalue weighted by molar-refractivity contribution is 5.44. The second-order valence-electron chi connectivity index (χ2n) is 1.93. The molecule has 0 bridgehead atoms. The van der Waals surface area contributed by atoms with E-state index in [1.807, 2.05) is 13.0 Å². The lowest BCUT2D eigenvalue weighted by molar-refractivity contribution is 0.272. The molecule has 0 unspecified atom stereocenters. The molecule has 0 aromatic carbocycles. The third-order valence-corrected chi connectivity index (χ3v) is 1.10. The summed E-state index contributed by atoms with van der Waals surface area (Å²) in [5.41, 5.74) is 0.945. The van der Waals surface area contributed by atoms with Crippen LogP contribution in [0.3, 0.4) is 0 Å². The Hall–Kier alpha value is -1.38. The summed E-state index contributed by atoms with van der Waals surface area (Å²) < 4.78 is 5.00. The van der Waals surface area contributed by atoms with E-state index in [0.29, 0.717) is 6.61 Å². The smallest absolute Gasteiger partial charge is 0.115 e. The van der Waals surface area contributed by atoms with E-state index in [4.69, 9.17) is 4.74 Å². The fourth-order valence-corrected chi connectivity index (χ4v) is 0.620. The highest BCUT2D eigenvalue weighted by Crippen LogP contribution is 1.95. The maximum absolute atomic E-state index is 5.00. The first-order valence-electron chi connectivity index (χ1n) is 3.46. The topological polar surface area (TPSA) is 35.0 Å². The Bertz CT molecular complexity index is 221. The molecule has 1 heterocycles. The average molecular weight is 150 g/mol. The zero-order chi connectivity index (χ0) is 7.94.